The molecule has 0 spiro atoms. The maximum atomic E-state index is 12.1. The number of rotatable bonds is 4. The van der Waals surface area contributed by atoms with Gasteiger partial charge in [-0.3, -0.25) is 4.79 Å². The van der Waals surface area contributed by atoms with Crippen molar-refractivity contribution in [1.82, 2.24) is 0 Å². The Balaban J connectivity index is 2.52. The van der Waals surface area contributed by atoms with E-state index < -0.39 is 9.84 Å². The molecule has 1 fully saturated rings. The fraction of sp³-hybridized carbons (Fsp3) is 0.615. The molecule has 0 bridgehead atoms. The number of ketones is 1. The molecule has 8 heteroatoms. The average molecular weight is 332 g/mol. The maximum Gasteiger partial charge on any atom is 0.180 e. The summed E-state index contributed by atoms with van der Waals surface area (Å²) in [5, 5.41) is 0.557. The Bertz CT molecular complexity index is 651. The molecule has 0 radical (unpaired) electrons. The molecular formula is C13H20N2O4S2. The largest absolute Gasteiger partial charge is 0.396 e. The van der Waals surface area contributed by atoms with Crippen molar-refractivity contribution in [3.8, 4) is 0 Å². The summed E-state index contributed by atoms with van der Waals surface area (Å²) < 4.78 is 29.5. The molecule has 2 N–H and O–H groups in total. The zero-order valence-electron chi connectivity index (χ0n) is 12.4. The normalized spacial score (nSPS) is 19.8. The van der Waals surface area contributed by atoms with Gasteiger partial charge in [0.2, 0.25) is 0 Å². The number of piperidine rings is 1. The molecule has 0 aromatic carbocycles. The lowest BCUT2D eigenvalue weighted by molar-refractivity contribution is 0.0894. The predicted molar refractivity (Wildman–Crippen MR) is 84.1 cm³/mol. The minimum atomic E-state index is -3.50. The first-order valence-electron chi connectivity index (χ1n) is 6.66. The Labute approximate surface area is 128 Å². The highest BCUT2D eigenvalue weighted by Crippen LogP contribution is 2.42. The lowest BCUT2D eigenvalue weighted by Gasteiger charge is -2.33. The van der Waals surface area contributed by atoms with Gasteiger partial charge in [0, 0.05) is 33.4 Å². The third-order valence-electron chi connectivity index (χ3n) is 3.57. The van der Waals surface area contributed by atoms with Crippen LogP contribution in [0.25, 0.3) is 0 Å². The Morgan fingerprint density at radius 2 is 2.14 bits per heavy atom. The number of nitrogens with two attached hydrogens (primary N) is 1. The van der Waals surface area contributed by atoms with E-state index in [0.717, 1.165) is 37.0 Å². The van der Waals surface area contributed by atoms with Gasteiger partial charge in [-0.1, -0.05) is 0 Å². The number of Topliss-reactive ketones (excluding diaryl/α,β-unsaturated/α-hetero) is 1. The number of carbonyl (C=O) groups is 1. The van der Waals surface area contributed by atoms with Crippen molar-refractivity contribution in [2.24, 2.45) is 0 Å². The molecule has 1 atom stereocenters. The second-order valence-corrected chi connectivity index (χ2v) is 8.21. The molecule has 21 heavy (non-hydrogen) atoms. The van der Waals surface area contributed by atoms with Gasteiger partial charge in [-0.15, -0.1) is 11.3 Å². The third-order valence-corrected chi connectivity index (χ3v) is 6.22. The van der Waals surface area contributed by atoms with Crippen LogP contribution in [0.1, 0.15) is 29.4 Å². The van der Waals surface area contributed by atoms with Crippen LogP contribution in [0, 0.1) is 0 Å². The standard InChI is InChI=1S/C13H20N2O4S2/c1-8(16)11-10(14)12(21(3,17)18)13(20-11)15-6-4-5-9(7-15)19-2/h9H,4-7,14H2,1-3H3. The second-order valence-electron chi connectivity index (χ2n) is 5.25. The Kier molecular flexibility index (Phi) is 4.60. The van der Waals surface area contributed by atoms with Crippen molar-refractivity contribution in [1.29, 1.82) is 0 Å². The highest BCUT2D eigenvalue weighted by atomic mass is 32.2. The van der Waals surface area contributed by atoms with Crippen molar-refractivity contribution >= 4 is 37.6 Å². The van der Waals surface area contributed by atoms with E-state index in [9.17, 15) is 13.2 Å². The van der Waals surface area contributed by atoms with Crippen LogP contribution in [0.5, 0.6) is 0 Å². The number of anilines is 2. The molecule has 0 aliphatic carbocycles. The third kappa shape index (κ3) is 3.22. The van der Waals surface area contributed by atoms with Crippen molar-refractivity contribution in [3.05, 3.63) is 4.88 Å². The summed E-state index contributed by atoms with van der Waals surface area (Å²) in [6.45, 7) is 2.74. The monoisotopic (exact) mass is 332 g/mol. The summed E-state index contributed by atoms with van der Waals surface area (Å²) in [4.78, 5) is 14.0. The molecule has 0 saturated carbocycles. The van der Waals surface area contributed by atoms with E-state index in [1.807, 2.05) is 4.90 Å². The SMILES string of the molecule is COC1CCCN(c2sc(C(C)=O)c(N)c2S(C)(=O)=O)C1. The average Bonchev–Trinajstić information content (AvgIpc) is 2.76. The minimum absolute atomic E-state index is 0.0651. The Morgan fingerprint density at radius 3 is 2.67 bits per heavy atom. The number of nitrogens with zero attached hydrogens (tertiary/aromatic N) is 1. The first-order chi connectivity index (χ1) is 9.75. The van der Waals surface area contributed by atoms with Crippen LogP contribution in [0.3, 0.4) is 0 Å². The summed E-state index contributed by atoms with van der Waals surface area (Å²) in [7, 11) is -1.85. The number of hydrogen-bond acceptors (Lipinski definition) is 7. The summed E-state index contributed by atoms with van der Waals surface area (Å²) in [6.07, 6.45) is 3.04. The lowest BCUT2D eigenvalue weighted by Crippen LogP contribution is -2.39. The van der Waals surface area contributed by atoms with Gasteiger partial charge in [0.25, 0.3) is 0 Å². The van der Waals surface area contributed by atoms with Crippen LogP contribution in [0.15, 0.2) is 4.90 Å². The first-order valence-corrected chi connectivity index (χ1v) is 9.37. The summed E-state index contributed by atoms with van der Waals surface area (Å²) in [5.41, 5.74) is 5.99. The summed E-state index contributed by atoms with van der Waals surface area (Å²) in [6, 6.07) is 0. The van der Waals surface area contributed by atoms with Gasteiger partial charge >= 0.3 is 0 Å². The van der Waals surface area contributed by atoms with Crippen molar-refractivity contribution in [2.45, 2.75) is 30.8 Å². The van der Waals surface area contributed by atoms with E-state index in [0.29, 0.717) is 16.4 Å². The summed E-state index contributed by atoms with van der Waals surface area (Å²) >= 11 is 1.16. The molecule has 6 nitrogen and oxygen atoms in total. The van der Waals surface area contributed by atoms with E-state index >= 15 is 0 Å². The van der Waals surface area contributed by atoms with E-state index in [1.165, 1.54) is 6.92 Å². The van der Waals surface area contributed by atoms with Crippen LogP contribution in [-0.2, 0) is 14.6 Å². The van der Waals surface area contributed by atoms with E-state index in [4.69, 9.17) is 10.5 Å². The molecule has 1 aliphatic rings. The molecular weight excluding hydrogens is 312 g/mol. The van der Waals surface area contributed by atoms with Crippen LogP contribution < -0.4 is 10.6 Å². The number of nitrogen functional groups attached to an aromatic ring is 1. The first kappa shape index (κ1) is 16.3. The molecule has 1 aliphatic heterocycles. The number of thiophene rings is 1. The van der Waals surface area contributed by atoms with E-state index in [1.54, 1.807) is 7.11 Å². The van der Waals surface area contributed by atoms with Crippen LogP contribution >= 0.6 is 11.3 Å². The number of sulfone groups is 1. The topological polar surface area (TPSA) is 89.7 Å². The van der Waals surface area contributed by atoms with Crippen LogP contribution in [-0.4, -0.2) is 46.8 Å². The maximum absolute atomic E-state index is 12.1. The van der Waals surface area contributed by atoms with Gasteiger partial charge in [0.05, 0.1) is 16.7 Å². The van der Waals surface area contributed by atoms with Gasteiger partial charge in [-0.25, -0.2) is 8.42 Å². The minimum Gasteiger partial charge on any atom is -0.396 e. The quantitative estimate of drug-likeness (QED) is 0.842. The Morgan fingerprint density at radius 1 is 1.48 bits per heavy atom. The van der Waals surface area contributed by atoms with E-state index in [2.05, 4.69) is 0 Å². The lowest BCUT2D eigenvalue weighted by atomic mass is 10.1. The smallest absolute Gasteiger partial charge is 0.180 e. The molecule has 1 aromatic heterocycles. The number of ether oxygens (including phenoxy) is 1. The number of hydrogen-bond donors (Lipinski definition) is 1. The molecule has 118 valence electrons. The van der Waals surface area contributed by atoms with Crippen LogP contribution in [0.2, 0.25) is 0 Å². The second kappa shape index (κ2) is 5.94. The van der Waals surface area contributed by atoms with Gasteiger partial charge in [0.15, 0.2) is 15.6 Å². The molecule has 0 amide bonds. The fourth-order valence-electron chi connectivity index (χ4n) is 2.56. The summed E-state index contributed by atoms with van der Waals surface area (Å²) in [5.74, 6) is -0.214. The van der Waals surface area contributed by atoms with Gasteiger partial charge < -0.3 is 15.4 Å². The molecule has 2 heterocycles. The van der Waals surface area contributed by atoms with Gasteiger partial charge in [0.1, 0.15) is 9.90 Å². The molecule has 2 rings (SSSR count). The van der Waals surface area contributed by atoms with E-state index in [-0.39, 0.29) is 22.5 Å². The van der Waals surface area contributed by atoms with Crippen molar-refractivity contribution in [3.63, 3.8) is 0 Å². The number of carbonyl (C=O) groups excluding carboxylic acids is 1. The fourth-order valence-corrected chi connectivity index (χ4v) is 5.20. The van der Waals surface area contributed by atoms with Gasteiger partial charge in [-0.05, 0) is 12.8 Å². The highest BCUT2D eigenvalue weighted by Gasteiger charge is 2.31. The van der Waals surface area contributed by atoms with Crippen molar-refractivity contribution in [2.75, 3.05) is 37.1 Å². The Hall–Kier alpha value is -1.12. The van der Waals surface area contributed by atoms with Gasteiger partial charge in [-0.2, -0.15) is 0 Å². The molecule has 1 saturated heterocycles. The number of methoxy groups -OCH3 is 1. The predicted octanol–water partition coefficient (Wildman–Crippen LogP) is 1.55. The zero-order chi connectivity index (χ0) is 15.8. The van der Waals surface area contributed by atoms with Crippen molar-refractivity contribution < 1.29 is 17.9 Å². The molecule has 1 aromatic rings. The molecule has 1 unspecified atom stereocenters. The van der Waals surface area contributed by atoms with Crippen LogP contribution in [0.4, 0.5) is 10.7 Å². The zero-order valence-corrected chi connectivity index (χ0v) is 14.0. The highest BCUT2D eigenvalue weighted by molar-refractivity contribution is 7.91.